The molecule has 2 rings (SSSR count). The molecule has 0 amide bonds. The molecule has 1 heterocycles. The molecule has 0 saturated carbocycles. The highest BCUT2D eigenvalue weighted by molar-refractivity contribution is 7.80. The SMILES string of the molecule is Sc1ccc(C2CCCCN2)cc1. The quantitative estimate of drug-likeness (QED) is 0.654. The van der Waals surface area contributed by atoms with E-state index in [0.717, 1.165) is 11.4 Å². The maximum atomic E-state index is 4.28. The lowest BCUT2D eigenvalue weighted by molar-refractivity contribution is 0.412. The lowest BCUT2D eigenvalue weighted by Gasteiger charge is -2.23. The third-order valence-electron chi connectivity index (χ3n) is 2.61. The van der Waals surface area contributed by atoms with Gasteiger partial charge in [0.2, 0.25) is 0 Å². The van der Waals surface area contributed by atoms with Gasteiger partial charge in [0.05, 0.1) is 0 Å². The molecule has 0 aliphatic carbocycles. The Labute approximate surface area is 85.0 Å². The number of nitrogens with one attached hydrogen (secondary N) is 1. The second-order valence-corrected chi connectivity index (χ2v) is 4.11. The maximum absolute atomic E-state index is 4.28. The van der Waals surface area contributed by atoms with Crippen molar-refractivity contribution < 1.29 is 0 Å². The third kappa shape index (κ3) is 2.26. The first-order chi connectivity index (χ1) is 6.36. The molecule has 0 spiro atoms. The zero-order chi connectivity index (χ0) is 9.10. The van der Waals surface area contributed by atoms with E-state index in [1.54, 1.807) is 0 Å². The van der Waals surface area contributed by atoms with Gasteiger partial charge in [-0.1, -0.05) is 18.6 Å². The first-order valence-electron chi connectivity index (χ1n) is 4.88. The van der Waals surface area contributed by atoms with Crippen LogP contribution in [0, 0.1) is 0 Å². The monoisotopic (exact) mass is 193 g/mol. The molecule has 1 aliphatic rings. The molecule has 1 aliphatic heterocycles. The van der Waals surface area contributed by atoms with Crippen LogP contribution in [0.5, 0.6) is 0 Å². The molecule has 1 atom stereocenters. The maximum Gasteiger partial charge on any atom is 0.0320 e. The van der Waals surface area contributed by atoms with Crippen molar-refractivity contribution in [2.24, 2.45) is 0 Å². The summed E-state index contributed by atoms with van der Waals surface area (Å²) in [5.41, 5.74) is 1.40. The summed E-state index contributed by atoms with van der Waals surface area (Å²) in [6, 6.07) is 9.04. The molecule has 1 nitrogen and oxygen atoms in total. The molecule has 2 heteroatoms. The Morgan fingerprint density at radius 1 is 1.15 bits per heavy atom. The van der Waals surface area contributed by atoms with Gasteiger partial charge in [0.15, 0.2) is 0 Å². The highest BCUT2D eigenvalue weighted by Gasteiger charge is 2.13. The van der Waals surface area contributed by atoms with Crippen LogP contribution in [0.2, 0.25) is 0 Å². The predicted molar refractivity (Wildman–Crippen MR) is 58.3 cm³/mol. The Morgan fingerprint density at radius 3 is 2.54 bits per heavy atom. The van der Waals surface area contributed by atoms with Gasteiger partial charge in [-0.05, 0) is 37.1 Å². The second kappa shape index (κ2) is 4.16. The van der Waals surface area contributed by atoms with Crippen molar-refractivity contribution in [2.45, 2.75) is 30.2 Å². The van der Waals surface area contributed by atoms with Gasteiger partial charge in [-0.2, -0.15) is 0 Å². The zero-order valence-electron chi connectivity index (χ0n) is 7.66. The fourth-order valence-electron chi connectivity index (χ4n) is 1.84. The van der Waals surface area contributed by atoms with Crippen molar-refractivity contribution in [3.05, 3.63) is 29.8 Å². The van der Waals surface area contributed by atoms with Crippen LogP contribution in [0.3, 0.4) is 0 Å². The van der Waals surface area contributed by atoms with E-state index in [4.69, 9.17) is 0 Å². The van der Waals surface area contributed by atoms with Gasteiger partial charge in [0, 0.05) is 10.9 Å². The van der Waals surface area contributed by atoms with Crippen molar-refractivity contribution in [2.75, 3.05) is 6.54 Å². The molecule has 1 N–H and O–H groups in total. The molecule has 1 aromatic rings. The van der Waals surface area contributed by atoms with E-state index >= 15 is 0 Å². The molecular weight excluding hydrogens is 178 g/mol. The van der Waals surface area contributed by atoms with Crippen LogP contribution in [0.15, 0.2) is 29.2 Å². The molecule has 0 aromatic heterocycles. The summed E-state index contributed by atoms with van der Waals surface area (Å²) in [5.74, 6) is 0. The van der Waals surface area contributed by atoms with Gasteiger partial charge in [-0.3, -0.25) is 0 Å². The average Bonchev–Trinajstić information content (AvgIpc) is 2.20. The first-order valence-corrected chi connectivity index (χ1v) is 5.33. The predicted octanol–water partition coefficient (Wildman–Crippen LogP) is 2.79. The van der Waals surface area contributed by atoms with Crippen LogP contribution in [0.25, 0.3) is 0 Å². The zero-order valence-corrected chi connectivity index (χ0v) is 8.56. The highest BCUT2D eigenvalue weighted by atomic mass is 32.1. The first kappa shape index (κ1) is 9.10. The van der Waals surface area contributed by atoms with Crippen molar-refractivity contribution in [1.29, 1.82) is 0 Å². The summed E-state index contributed by atoms with van der Waals surface area (Å²) < 4.78 is 0. The van der Waals surface area contributed by atoms with Crippen molar-refractivity contribution in [1.82, 2.24) is 5.32 Å². The normalized spacial score (nSPS) is 23.0. The molecule has 70 valence electrons. The Balaban J connectivity index is 2.10. The molecule has 1 fully saturated rings. The van der Waals surface area contributed by atoms with E-state index in [-0.39, 0.29) is 0 Å². The van der Waals surface area contributed by atoms with Crippen molar-refractivity contribution >= 4 is 12.6 Å². The van der Waals surface area contributed by atoms with E-state index < -0.39 is 0 Å². The minimum absolute atomic E-state index is 0.572. The van der Waals surface area contributed by atoms with Crippen LogP contribution in [-0.4, -0.2) is 6.54 Å². The Kier molecular flexibility index (Phi) is 2.91. The van der Waals surface area contributed by atoms with Gasteiger partial charge in [0.25, 0.3) is 0 Å². The summed E-state index contributed by atoms with van der Waals surface area (Å²) in [6.07, 6.45) is 3.94. The molecule has 0 bridgehead atoms. The largest absolute Gasteiger partial charge is 0.310 e. The van der Waals surface area contributed by atoms with Gasteiger partial charge >= 0.3 is 0 Å². The smallest absolute Gasteiger partial charge is 0.0320 e. The summed E-state index contributed by atoms with van der Waals surface area (Å²) in [7, 11) is 0. The number of hydrogen-bond acceptors (Lipinski definition) is 2. The van der Waals surface area contributed by atoms with Gasteiger partial charge in [0.1, 0.15) is 0 Å². The Morgan fingerprint density at radius 2 is 1.92 bits per heavy atom. The van der Waals surface area contributed by atoms with Gasteiger partial charge in [-0.15, -0.1) is 12.6 Å². The van der Waals surface area contributed by atoms with E-state index in [1.807, 2.05) is 0 Å². The number of hydrogen-bond donors (Lipinski definition) is 2. The molecule has 0 radical (unpaired) electrons. The van der Waals surface area contributed by atoms with Crippen LogP contribution < -0.4 is 5.32 Å². The minimum Gasteiger partial charge on any atom is -0.310 e. The summed E-state index contributed by atoms with van der Waals surface area (Å²) in [5, 5.41) is 3.53. The van der Waals surface area contributed by atoms with E-state index in [0.29, 0.717) is 6.04 Å². The number of benzene rings is 1. The molecule has 1 saturated heterocycles. The average molecular weight is 193 g/mol. The van der Waals surface area contributed by atoms with Crippen LogP contribution in [0.4, 0.5) is 0 Å². The van der Waals surface area contributed by atoms with E-state index in [1.165, 1.54) is 24.8 Å². The van der Waals surface area contributed by atoms with E-state index in [9.17, 15) is 0 Å². The minimum atomic E-state index is 0.572. The lowest BCUT2D eigenvalue weighted by atomic mass is 9.98. The fraction of sp³-hybridized carbons (Fsp3) is 0.455. The molecular formula is C11H15NS. The van der Waals surface area contributed by atoms with Gasteiger partial charge in [-0.25, -0.2) is 0 Å². The molecule has 13 heavy (non-hydrogen) atoms. The summed E-state index contributed by atoms with van der Waals surface area (Å²) in [4.78, 5) is 1.04. The Bertz CT molecular complexity index is 262. The summed E-state index contributed by atoms with van der Waals surface area (Å²) in [6.45, 7) is 1.16. The fourth-order valence-corrected chi connectivity index (χ4v) is 1.99. The Hall–Kier alpha value is -0.470. The van der Waals surface area contributed by atoms with Crippen LogP contribution in [0.1, 0.15) is 30.9 Å². The second-order valence-electron chi connectivity index (χ2n) is 3.59. The lowest BCUT2D eigenvalue weighted by Crippen LogP contribution is -2.26. The molecule has 1 unspecified atom stereocenters. The topological polar surface area (TPSA) is 12.0 Å². The third-order valence-corrected chi connectivity index (χ3v) is 2.90. The number of thiol groups is 1. The van der Waals surface area contributed by atoms with Crippen molar-refractivity contribution in [3.63, 3.8) is 0 Å². The van der Waals surface area contributed by atoms with Crippen LogP contribution >= 0.6 is 12.6 Å². The van der Waals surface area contributed by atoms with E-state index in [2.05, 4.69) is 42.2 Å². The summed E-state index contributed by atoms with van der Waals surface area (Å²) >= 11 is 4.28. The highest BCUT2D eigenvalue weighted by Crippen LogP contribution is 2.23. The molecule has 1 aromatic carbocycles. The van der Waals surface area contributed by atoms with Gasteiger partial charge < -0.3 is 5.32 Å². The number of piperidine rings is 1. The van der Waals surface area contributed by atoms with Crippen molar-refractivity contribution in [3.8, 4) is 0 Å². The standard InChI is InChI=1S/C11H15NS/c13-10-6-4-9(5-7-10)11-3-1-2-8-12-11/h4-7,11-13H,1-3,8H2. The number of rotatable bonds is 1. The van der Waals surface area contributed by atoms with Crippen LogP contribution in [-0.2, 0) is 0 Å².